The van der Waals surface area contributed by atoms with Crippen LogP contribution in [0.5, 0.6) is 0 Å². The summed E-state index contributed by atoms with van der Waals surface area (Å²) in [5.74, 6) is 0.114. The number of nitrogens with zero attached hydrogens (tertiary/aromatic N) is 4. The minimum absolute atomic E-state index is 0.0184. The summed E-state index contributed by atoms with van der Waals surface area (Å²) in [6.07, 6.45) is 4.85. The number of aromatic nitrogens is 3. The summed E-state index contributed by atoms with van der Waals surface area (Å²) < 4.78 is 3.28. The fourth-order valence-corrected chi connectivity index (χ4v) is 4.74. The number of anilines is 2. The molecular weight excluding hydrogens is 430 g/mol. The Morgan fingerprint density at radius 1 is 1.09 bits per heavy atom. The number of carbonyl (C=O) groups excluding carboxylic acids is 2. The number of hydrogen-bond acceptors (Lipinski definition) is 5. The van der Waals surface area contributed by atoms with Crippen LogP contribution in [-0.4, -0.2) is 44.0 Å². The molecule has 174 valence electrons. The Bertz CT molecular complexity index is 1460. The average molecular weight is 458 g/mol. The molecule has 1 saturated heterocycles. The molecule has 3 heterocycles. The zero-order valence-corrected chi connectivity index (χ0v) is 19.3. The number of rotatable bonds is 5. The number of aryl methyl sites for hydroxylation is 1. The fourth-order valence-electron chi connectivity index (χ4n) is 4.74. The molecule has 34 heavy (non-hydrogen) atoms. The van der Waals surface area contributed by atoms with E-state index in [4.69, 9.17) is 0 Å². The van der Waals surface area contributed by atoms with E-state index in [0.29, 0.717) is 37.0 Å². The second kappa shape index (κ2) is 8.78. The van der Waals surface area contributed by atoms with Crippen LogP contribution >= 0.6 is 0 Å². The van der Waals surface area contributed by atoms with Gasteiger partial charge in [-0.15, -0.1) is 0 Å². The number of likely N-dealkylation sites (tertiary alicyclic amines) is 1. The summed E-state index contributed by atoms with van der Waals surface area (Å²) in [4.78, 5) is 39.7. The van der Waals surface area contributed by atoms with Crippen molar-refractivity contribution in [2.24, 2.45) is 13.0 Å². The van der Waals surface area contributed by atoms with Gasteiger partial charge in [0.05, 0.1) is 22.8 Å². The molecule has 8 nitrogen and oxygen atoms in total. The minimum atomic E-state index is -0.213. The third-order valence-corrected chi connectivity index (χ3v) is 6.76. The molecule has 1 amide bonds. The van der Waals surface area contributed by atoms with Gasteiger partial charge in [0, 0.05) is 43.3 Å². The predicted molar refractivity (Wildman–Crippen MR) is 132 cm³/mol. The molecule has 0 spiro atoms. The van der Waals surface area contributed by atoms with Gasteiger partial charge in [0.2, 0.25) is 5.91 Å². The van der Waals surface area contributed by atoms with Gasteiger partial charge >= 0.3 is 0 Å². The monoisotopic (exact) mass is 457 g/mol. The summed E-state index contributed by atoms with van der Waals surface area (Å²) in [7, 11) is 1.90. The Hall–Kier alpha value is -3.94. The number of Topliss-reactive ketones (excluding diaryl/α,β-unsaturated/α-hetero) is 1. The number of amides is 1. The number of benzene rings is 2. The van der Waals surface area contributed by atoms with Crippen LogP contribution in [0.1, 0.15) is 19.8 Å². The SMILES string of the molecule is CC(=O)C1CCN(C(=O)Cn2ccc3cccc(Nc4ccc5c(cnn5C)c4)c3c2=O)CC1. The van der Waals surface area contributed by atoms with E-state index in [-0.39, 0.29) is 29.7 Å². The largest absolute Gasteiger partial charge is 0.355 e. The van der Waals surface area contributed by atoms with Crippen molar-refractivity contribution >= 4 is 44.7 Å². The van der Waals surface area contributed by atoms with E-state index in [0.717, 1.165) is 22.0 Å². The molecule has 0 radical (unpaired) electrons. The summed E-state index contributed by atoms with van der Waals surface area (Å²) in [6, 6.07) is 13.5. The molecule has 1 aliphatic heterocycles. The lowest BCUT2D eigenvalue weighted by Crippen LogP contribution is -2.42. The summed E-state index contributed by atoms with van der Waals surface area (Å²) in [5.41, 5.74) is 2.36. The van der Waals surface area contributed by atoms with Gasteiger partial charge in [-0.3, -0.25) is 19.1 Å². The lowest BCUT2D eigenvalue weighted by molar-refractivity contribution is -0.135. The molecule has 0 saturated carbocycles. The molecule has 1 aliphatic rings. The molecule has 4 aromatic rings. The number of carbonyl (C=O) groups is 2. The number of pyridine rings is 1. The molecule has 8 heteroatoms. The van der Waals surface area contributed by atoms with E-state index in [1.807, 2.05) is 54.2 Å². The van der Waals surface area contributed by atoms with Crippen LogP contribution in [0.2, 0.25) is 0 Å². The molecule has 5 rings (SSSR count). The van der Waals surface area contributed by atoms with Gasteiger partial charge in [0.15, 0.2) is 0 Å². The normalized spacial score (nSPS) is 14.6. The highest BCUT2D eigenvalue weighted by Gasteiger charge is 2.25. The molecular formula is C26H27N5O3. The number of nitrogens with one attached hydrogen (secondary N) is 1. The van der Waals surface area contributed by atoms with Crippen LogP contribution in [0, 0.1) is 5.92 Å². The molecule has 1 fully saturated rings. The van der Waals surface area contributed by atoms with Gasteiger partial charge in [-0.2, -0.15) is 5.10 Å². The van der Waals surface area contributed by atoms with Crippen molar-refractivity contribution in [1.29, 1.82) is 0 Å². The van der Waals surface area contributed by atoms with E-state index < -0.39 is 0 Å². The predicted octanol–water partition coefficient (Wildman–Crippen LogP) is 3.46. The topological polar surface area (TPSA) is 89.2 Å². The first-order valence-electron chi connectivity index (χ1n) is 11.5. The van der Waals surface area contributed by atoms with Gasteiger partial charge in [0.25, 0.3) is 5.56 Å². The van der Waals surface area contributed by atoms with Crippen LogP contribution in [0.3, 0.4) is 0 Å². The highest BCUT2D eigenvalue weighted by atomic mass is 16.2. The van der Waals surface area contributed by atoms with Crippen LogP contribution in [0.15, 0.2) is 59.7 Å². The van der Waals surface area contributed by atoms with Crippen LogP contribution in [0.25, 0.3) is 21.7 Å². The van der Waals surface area contributed by atoms with Crippen LogP contribution in [0.4, 0.5) is 11.4 Å². The quantitative estimate of drug-likeness (QED) is 0.496. The molecule has 0 bridgehead atoms. The van der Waals surface area contributed by atoms with Gasteiger partial charge in [-0.25, -0.2) is 0 Å². The number of piperidine rings is 1. The molecule has 2 aromatic heterocycles. The lowest BCUT2D eigenvalue weighted by atomic mass is 9.93. The Morgan fingerprint density at radius 3 is 2.65 bits per heavy atom. The van der Waals surface area contributed by atoms with Crippen LogP contribution < -0.4 is 10.9 Å². The van der Waals surface area contributed by atoms with Crippen molar-refractivity contribution in [3.63, 3.8) is 0 Å². The van der Waals surface area contributed by atoms with Crippen molar-refractivity contribution < 1.29 is 9.59 Å². The molecule has 0 atom stereocenters. The van der Waals surface area contributed by atoms with Gasteiger partial charge < -0.3 is 14.8 Å². The Labute approximate surface area is 196 Å². The van der Waals surface area contributed by atoms with Gasteiger partial charge in [-0.1, -0.05) is 12.1 Å². The second-order valence-electron chi connectivity index (χ2n) is 8.95. The van der Waals surface area contributed by atoms with Gasteiger partial charge in [-0.05, 0) is 55.5 Å². The van der Waals surface area contributed by atoms with E-state index >= 15 is 0 Å². The smallest absolute Gasteiger partial charge is 0.261 e. The zero-order chi connectivity index (χ0) is 23.8. The standard InChI is InChI=1S/C26H27N5O3/c1-17(32)18-8-11-30(12-9-18)24(33)16-31-13-10-19-4-3-5-22(25(19)26(31)34)28-21-6-7-23-20(14-21)15-27-29(23)2/h3-7,10,13-15,18,28H,8-9,11-12,16H2,1-2H3. The van der Waals surface area contributed by atoms with E-state index in [9.17, 15) is 14.4 Å². The highest BCUT2D eigenvalue weighted by Crippen LogP contribution is 2.26. The van der Waals surface area contributed by atoms with Crippen molar-refractivity contribution in [2.45, 2.75) is 26.3 Å². The molecule has 2 aromatic carbocycles. The maximum absolute atomic E-state index is 13.4. The Balaban J connectivity index is 1.41. The fraction of sp³-hybridized carbons (Fsp3) is 0.308. The Morgan fingerprint density at radius 2 is 1.88 bits per heavy atom. The zero-order valence-electron chi connectivity index (χ0n) is 19.3. The third-order valence-electron chi connectivity index (χ3n) is 6.76. The first-order valence-corrected chi connectivity index (χ1v) is 11.5. The maximum atomic E-state index is 13.4. The van der Waals surface area contributed by atoms with Crippen LogP contribution in [-0.2, 0) is 23.2 Å². The summed E-state index contributed by atoms with van der Waals surface area (Å²) in [5, 5.41) is 10.0. The number of hydrogen-bond donors (Lipinski definition) is 1. The third kappa shape index (κ3) is 4.07. The minimum Gasteiger partial charge on any atom is -0.355 e. The van der Waals surface area contributed by atoms with Crippen molar-refractivity contribution in [3.8, 4) is 0 Å². The van der Waals surface area contributed by atoms with E-state index in [1.54, 1.807) is 24.2 Å². The van der Waals surface area contributed by atoms with Crippen molar-refractivity contribution in [3.05, 3.63) is 65.2 Å². The van der Waals surface area contributed by atoms with E-state index in [1.165, 1.54) is 4.57 Å². The molecule has 0 unspecified atom stereocenters. The highest BCUT2D eigenvalue weighted by molar-refractivity contribution is 5.95. The van der Waals surface area contributed by atoms with Crippen molar-refractivity contribution in [1.82, 2.24) is 19.2 Å². The average Bonchev–Trinajstić information content (AvgIpc) is 3.21. The summed E-state index contributed by atoms with van der Waals surface area (Å²) in [6.45, 7) is 2.69. The Kier molecular flexibility index (Phi) is 5.65. The van der Waals surface area contributed by atoms with Crippen molar-refractivity contribution in [2.75, 3.05) is 18.4 Å². The molecule has 1 N–H and O–H groups in total. The first-order chi connectivity index (χ1) is 16.4. The molecule has 0 aliphatic carbocycles. The van der Waals surface area contributed by atoms with Gasteiger partial charge in [0.1, 0.15) is 12.3 Å². The maximum Gasteiger partial charge on any atom is 0.261 e. The number of fused-ring (bicyclic) bond motifs is 2. The summed E-state index contributed by atoms with van der Waals surface area (Å²) >= 11 is 0. The van der Waals surface area contributed by atoms with E-state index in [2.05, 4.69) is 10.4 Å². The first kappa shape index (κ1) is 21.9. The lowest BCUT2D eigenvalue weighted by Gasteiger charge is -2.31. The second-order valence-corrected chi connectivity index (χ2v) is 8.95. The number of ketones is 1.